The number of rotatable bonds is 6. The maximum absolute atomic E-state index is 12.4. The minimum Gasteiger partial charge on any atom is -0.480 e. The molecule has 1 amide bonds. The number of aliphatic carboxylic acids is 1. The molecule has 0 unspecified atom stereocenters. The molecule has 6 nitrogen and oxygen atoms in total. The summed E-state index contributed by atoms with van der Waals surface area (Å²) < 4.78 is 1.61. The van der Waals surface area contributed by atoms with Gasteiger partial charge in [-0.3, -0.25) is 14.3 Å². The van der Waals surface area contributed by atoms with E-state index in [-0.39, 0.29) is 25.0 Å². The minimum absolute atomic E-state index is 0.0468. The fourth-order valence-electron chi connectivity index (χ4n) is 2.23. The molecular weight excluding hydrogens is 270 g/mol. The van der Waals surface area contributed by atoms with Gasteiger partial charge in [0.2, 0.25) is 5.91 Å². The number of fused-ring (bicyclic) bond motifs is 1. The van der Waals surface area contributed by atoms with Gasteiger partial charge in [0, 0.05) is 11.4 Å². The fraction of sp³-hybridized carbons (Fsp3) is 0.400. The number of aromatic nitrogens is 2. The lowest BCUT2D eigenvalue weighted by atomic mass is 10.2. The molecule has 1 atom stereocenters. The Balaban J connectivity index is 2.19. The Labute approximate surface area is 123 Å². The quantitative estimate of drug-likeness (QED) is 0.879. The first-order valence-corrected chi connectivity index (χ1v) is 6.94. The van der Waals surface area contributed by atoms with E-state index in [2.05, 4.69) is 5.10 Å². The van der Waals surface area contributed by atoms with Gasteiger partial charge in [0.05, 0.1) is 11.7 Å². The molecule has 0 bridgehead atoms. The van der Waals surface area contributed by atoms with Gasteiger partial charge in [0.25, 0.3) is 0 Å². The van der Waals surface area contributed by atoms with Gasteiger partial charge in [-0.05, 0) is 19.4 Å². The van der Waals surface area contributed by atoms with E-state index >= 15 is 0 Å². The Morgan fingerprint density at radius 3 is 2.76 bits per heavy atom. The molecule has 2 aromatic rings. The van der Waals surface area contributed by atoms with E-state index in [9.17, 15) is 9.59 Å². The molecule has 1 N–H and O–H groups in total. The summed E-state index contributed by atoms with van der Waals surface area (Å²) in [4.78, 5) is 24.7. The zero-order chi connectivity index (χ0) is 15.4. The molecule has 0 fully saturated rings. The van der Waals surface area contributed by atoms with Crippen molar-refractivity contribution in [2.75, 3.05) is 6.54 Å². The molecule has 0 aliphatic heterocycles. The minimum atomic E-state index is -1.01. The molecule has 0 aliphatic carbocycles. The highest BCUT2D eigenvalue weighted by Gasteiger charge is 2.22. The smallest absolute Gasteiger partial charge is 0.323 e. The van der Waals surface area contributed by atoms with Crippen LogP contribution in [-0.4, -0.2) is 44.3 Å². The Bertz CT molecular complexity index is 650. The number of hydrogen-bond donors (Lipinski definition) is 1. The standard InChI is InChI=1S/C15H19N3O3/c1-3-11(2)17(10-15(20)21)14(19)9-18-13-7-5-4-6-12(13)8-16-18/h4-8,11H,3,9-10H2,1-2H3,(H,20,21)/t11-/m1/s1. The highest BCUT2D eigenvalue weighted by molar-refractivity contribution is 5.84. The highest BCUT2D eigenvalue weighted by atomic mass is 16.4. The summed E-state index contributed by atoms with van der Waals surface area (Å²) >= 11 is 0. The predicted octanol–water partition coefficient (Wildman–Crippen LogP) is 1.75. The first-order valence-electron chi connectivity index (χ1n) is 6.94. The molecule has 0 radical (unpaired) electrons. The molecule has 0 saturated heterocycles. The van der Waals surface area contributed by atoms with Gasteiger partial charge in [-0.1, -0.05) is 25.1 Å². The van der Waals surface area contributed by atoms with E-state index in [1.165, 1.54) is 4.90 Å². The molecule has 0 saturated carbocycles. The normalized spacial score (nSPS) is 12.3. The average molecular weight is 289 g/mol. The Morgan fingerprint density at radius 1 is 1.38 bits per heavy atom. The van der Waals surface area contributed by atoms with Crippen LogP contribution < -0.4 is 0 Å². The maximum atomic E-state index is 12.4. The lowest BCUT2D eigenvalue weighted by molar-refractivity contribution is -0.146. The Morgan fingerprint density at radius 2 is 2.10 bits per heavy atom. The van der Waals surface area contributed by atoms with Crippen molar-refractivity contribution in [1.82, 2.24) is 14.7 Å². The van der Waals surface area contributed by atoms with Crippen LogP contribution in [0.25, 0.3) is 10.9 Å². The van der Waals surface area contributed by atoms with E-state index in [1.54, 1.807) is 10.9 Å². The monoisotopic (exact) mass is 289 g/mol. The predicted molar refractivity (Wildman–Crippen MR) is 78.8 cm³/mol. The third-order valence-electron chi connectivity index (χ3n) is 3.58. The number of carboxylic acid groups (broad SMARTS) is 1. The van der Waals surface area contributed by atoms with Crippen molar-refractivity contribution in [3.8, 4) is 0 Å². The molecule has 21 heavy (non-hydrogen) atoms. The second kappa shape index (κ2) is 6.39. The number of benzene rings is 1. The van der Waals surface area contributed by atoms with Crippen molar-refractivity contribution in [2.45, 2.75) is 32.9 Å². The van der Waals surface area contributed by atoms with Gasteiger partial charge in [-0.15, -0.1) is 0 Å². The summed E-state index contributed by atoms with van der Waals surface area (Å²) in [5.41, 5.74) is 0.866. The lowest BCUT2D eigenvalue weighted by Gasteiger charge is -2.27. The van der Waals surface area contributed by atoms with E-state index in [1.807, 2.05) is 38.1 Å². The van der Waals surface area contributed by atoms with Crippen molar-refractivity contribution in [3.05, 3.63) is 30.5 Å². The number of carbonyl (C=O) groups is 2. The van der Waals surface area contributed by atoms with Gasteiger partial charge in [-0.2, -0.15) is 5.10 Å². The largest absolute Gasteiger partial charge is 0.480 e. The summed E-state index contributed by atoms with van der Waals surface area (Å²) in [5, 5.41) is 14.1. The van der Waals surface area contributed by atoms with E-state index in [0.29, 0.717) is 6.42 Å². The summed E-state index contributed by atoms with van der Waals surface area (Å²) in [6.45, 7) is 3.54. The first kappa shape index (κ1) is 15.0. The third kappa shape index (κ3) is 3.39. The number of nitrogens with zero attached hydrogens (tertiary/aromatic N) is 3. The summed E-state index contributed by atoms with van der Waals surface area (Å²) in [6, 6.07) is 7.49. The van der Waals surface area contributed by atoms with Crippen LogP contribution in [0.4, 0.5) is 0 Å². The van der Waals surface area contributed by atoms with Gasteiger partial charge in [0.1, 0.15) is 13.1 Å². The van der Waals surface area contributed by atoms with Crippen LogP contribution in [-0.2, 0) is 16.1 Å². The van der Waals surface area contributed by atoms with Gasteiger partial charge >= 0.3 is 5.97 Å². The van der Waals surface area contributed by atoms with Crippen LogP contribution in [0, 0.1) is 0 Å². The van der Waals surface area contributed by atoms with Crippen LogP contribution in [0.15, 0.2) is 30.5 Å². The van der Waals surface area contributed by atoms with Crippen LogP contribution in [0.5, 0.6) is 0 Å². The summed E-state index contributed by atoms with van der Waals surface area (Å²) in [6.07, 6.45) is 2.41. The number of carbonyl (C=O) groups excluding carboxylic acids is 1. The zero-order valence-corrected chi connectivity index (χ0v) is 12.2. The number of amides is 1. The van der Waals surface area contributed by atoms with Crippen LogP contribution in [0.1, 0.15) is 20.3 Å². The van der Waals surface area contributed by atoms with Crippen molar-refractivity contribution in [1.29, 1.82) is 0 Å². The van der Waals surface area contributed by atoms with Crippen LogP contribution >= 0.6 is 0 Å². The van der Waals surface area contributed by atoms with E-state index in [0.717, 1.165) is 10.9 Å². The van der Waals surface area contributed by atoms with Crippen LogP contribution in [0.2, 0.25) is 0 Å². The second-order valence-electron chi connectivity index (χ2n) is 5.03. The lowest BCUT2D eigenvalue weighted by Crippen LogP contribution is -2.43. The topological polar surface area (TPSA) is 75.4 Å². The van der Waals surface area contributed by atoms with Crippen molar-refractivity contribution < 1.29 is 14.7 Å². The maximum Gasteiger partial charge on any atom is 0.323 e. The summed E-state index contributed by atoms with van der Waals surface area (Å²) in [5.74, 6) is -1.24. The third-order valence-corrected chi connectivity index (χ3v) is 3.58. The first-order chi connectivity index (χ1) is 10.0. The zero-order valence-electron chi connectivity index (χ0n) is 12.2. The summed E-state index contributed by atoms with van der Waals surface area (Å²) in [7, 11) is 0. The van der Waals surface area contributed by atoms with Crippen molar-refractivity contribution >= 4 is 22.8 Å². The highest BCUT2D eigenvalue weighted by Crippen LogP contribution is 2.13. The fourth-order valence-corrected chi connectivity index (χ4v) is 2.23. The second-order valence-corrected chi connectivity index (χ2v) is 5.03. The molecule has 6 heteroatoms. The Kier molecular flexibility index (Phi) is 4.57. The Hall–Kier alpha value is -2.37. The van der Waals surface area contributed by atoms with Gasteiger partial charge in [-0.25, -0.2) is 0 Å². The molecular formula is C15H19N3O3. The van der Waals surface area contributed by atoms with E-state index in [4.69, 9.17) is 5.11 Å². The molecule has 112 valence electrons. The number of para-hydroxylation sites is 1. The number of carboxylic acids is 1. The molecule has 0 spiro atoms. The van der Waals surface area contributed by atoms with Gasteiger partial charge in [0.15, 0.2) is 0 Å². The average Bonchev–Trinajstić information content (AvgIpc) is 2.87. The van der Waals surface area contributed by atoms with E-state index < -0.39 is 5.97 Å². The molecule has 2 rings (SSSR count). The molecule has 1 aromatic heterocycles. The van der Waals surface area contributed by atoms with Crippen molar-refractivity contribution in [3.63, 3.8) is 0 Å². The molecule has 0 aliphatic rings. The molecule has 1 heterocycles. The van der Waals surface area contributed by atoms with Gasteiger partial charge < -0.3 is 10.0 Å². The number of hydrogen-bond acceptors (Lipinski definition) is 3. The van der Waals surface area contributed by atoms with Crippen LogP contribution in [0.3, 0.4) is 0 Å². The molecule has 1 aromatic carbocycles. The van der Waals surface area contributed by atoms with Crippen molar-refractivity contribution in [2.24, 2.45) is 0 Å². The SMILES string of the molecule is CC[C@@H](C)N(CC(=O)O)C(=O)Cn1ncc2ccccc21.